The zero-order chi connectivity index (χ0) is 29.1. The highest BCUT2D eigenvalue weighted by atomic mass is 79.9. The molecule has 0 saturated carbocycles. The van der Waals surface area contributed by atoms with Gasteiger partial charge in [-0.05, 0) is 80.3 Å². The first-order chi connectivity index (χ1) is 20.5. The molecule has 0 bridgehead atoms. The topological polar surface area (TPSA) is 60.2 Å². The number of hydrogen-bond acceptors (Lipinski definition) is 5. The summed E-state index contributed by atoms with van der Waals surface area (Å²) in [5, 5.41) is 2.92. The summed E-state index contributed by atoms with van der Waals surface area (Å²) in [6, 6.07) is 32.5. The van der Waals surface area contributed by atoms with E-state index in [1.165, 1.54) is 11.3 Å². The van der Waals surface area contributed by atoms with Gasteiger partial charge in [-0.3, -0.25) is 14.0 Å². The zero-order valence-electron chi connectivity index (χ0n) is 22.8. The van der Waals surface area contributed by atoms with Crippen LogP contribution >= 0.6 is 27.3 Å². The van der Waals surface area contributed by atoms with Crippen LogP contribution < -0.4 is 15.2 Å². The molecule has 0 aliphatic carbocycles. The van der Waals surface area contributed by atoms with Crippen LogP contribution in [0.2, 0.25) is 0 Å². The summed E-state index contributed by atoms with van der Waals surface area (Å²) in [7, 11) is 1.61. The zero-order valence-corrected chi connectivity index (χ0v) is 25.2. The predicted molar refractivity (Wildman–Crippen MR) is 173 cm³/mol. The predicted octanol–water partition coefficient (Wildman–Crippen LogP) is 7.82. The SMILES string of the molecule is COCCN(C(=O)c1cc(-c2ccc(OCc3ccccc3)cc2)c(=O)n2c(Br)cc3ccsc3c12)c1ccccc1. The largest absolute Gasteiger partial charge is 0.489 e. The maximum atomic E-state index is 14.4. The van der Waals surface area contributed by atoms with Gasteiger partial charge >= 0.3 is 0 Å². The molecule has 8 heteroatoms. The van der Waals surface area contributed by atoms with Gasteiger partial charge < -0.3 is 14.4 Å². The van der Waals surface area contributed by atoms with E-state index in [9.17, 15) is 9.59 Å². The van der Waals surface area contributed by atoms with Crippen molar-refractivity contribution in [3.63, 3.8) is 0 Å². The molecule has 0 saturated heterocycles. The van der Waals surface area contributed by atoms with E-state index in [4.69, 9.17) is 9.47 Å². The Morgan fingerprint density at radius 1 is 0.929 bits per heavy atom. The molecule has 6 nitrogen and oxygen atoms in total. The van der Waals surface area contributed by atoms with Crippen molar-refractivity contribution < 1.29 is 14.3 Å². The second kappa shape index (κ2) is 12.3. The second-order valence-electron chi connectivity index (χ2n) is 9.72. The van der Waals surface area contributed by atoms with Gasteiger partial charge in [-0.2, -0.15) is 0 Å². The average Bonchev–Trinajstić information content (AvgIpc) is 3.50. The number of aromatic nitrogens is 1. The first-order valence-corrected chi connectivity index (χ1v) is 15.1. The summed E-state index contributed by atoms with van der Waals surface area (Å²) in [6.07, 6.45) is 0. The van der Waals surface area contributed by atoms with E-state index in [2.05, 4.69) is 15.9 Å². The summed E-state index contributed by atoms with van der Waals surface area (Å²) in [5.74, 6) is 0.476. The Hall–Kier alpha value is -4.24. The van der Waals surface area contributed by atoms with Crippen LogP contribution in [-0.4, -0.2) is 30.6 Å². The van der Waals surface area contributed by atoms with E-state index < -0.39 is 0 Å². The molecule has 42 heavy (non-hydrogen) atoms. The molecule has 3 aromatic carbocycles. The Bertz CT molecular complexity index is 1920. The van der Waals surface area contributed by atoms with Crippen molar-refractivity contribution in [2.24, 2.45) is 0 Å². The van der Waals surface area contributed by atoms with Crippen molar-refractivity contribution in [1.82, 2.24) is 4.40 Å². The second-order valence-corrected chi connectivity index (χ2v) is 11.4. The first-order valence-electron chi connectivity index (χ1n) is 13.4. The van der Waals surface area contributed by atoms with Crippen molar-refractivity contribution >= 4 is 54.5 Å². The van der Waals surface area contributed by atoms with Crippen LogP contribution in [0.3, 0.4) is 0 Å². The van der Waals surface area contributed by atoms with Crippen LogP contribution in [-0.2, 0) is 11.3 Å². The van der Waals surface area contributed by atoms with Gasteiger partial charge in [0.15, 0.2) is 0 Å². The number of amides is 1. The van der Waals surface area contributed by atoms with E-state index in [1.54, 1.807) is 22.5 Å². The molecular weight excluding hydrogens is 612 g/mol. The average molecular weight is 640 g/mol. The molecule has 210 valence electrons. The highest BCUT2D eigenvalue weighted by Gasteiger charge is 2.25. The molecule has 0 unspecified atom stereocenters. The number of methoxy groups -OCH3 is 1. The molecule has 0 aliphatic rings. The fraction of sp³-hybridized carbons (Fsp3) is 0.118. The summed E-state index contributed by atoms with van der Waals surface area (Å²) >= 11 is 5.13. The number of halogens is 1. The molecular formula is C34H27BrN2O4S. The van der Waals surface area contributed by atoms with Crippen molar-refractivity contribution in [3.05, 3.63) is 135 Å². The lowest BCUT2D eigenvalue weighted by Gasteiger charge is -2.24. The fourth-order valence-electron chi connectivity index (χ4n) is 4.99. The number of benzene rings is 3. The monoisotopic (exact) mass is 638 g/mol. The summed E-state index contributed by atoms with van der Waals surface area (Å²) in [6.45, 7) is 1.16. The van der Waals surface area contributed by atoms with E-state index in [-0.39, 0.29) is 11.5 Å². The summed E-state index contributed by atoms with van der Waals surface area (Å²) < 4.78 is 14.4. The number of thiophene rings is 1. The quantitative estimate of drug-likeness (QED) is 0.152. The van der Waals surface area contributed by atoms with E-state index >= 15 is 0 Å². The van der Waals surface area contributed by atoms with Gasteiger partial charge in [0, 0.05) is 24.9 Å². The van der Waals surface area contributed by atoms with Crippen LogP contribution in [0.4, 0.5) is 5.69 Å². The molecule has 0 radical (unpaired) electrons. The molecule has 0 spiro atoms. The third-order valence-electron chi connectivity index (χ3n) is 7.08. The van der Waals surface area contributed by atoms with E-state index in [0.29, 0.717) is 52.3 Å². The molecule has 3 heterocycles. The van der Waals surface area contributed by atoms with Crippen LogP contribution in [0.15, 0.2) is 118 Å². The Morgan fingerprint density at radius 2 is 1.64 bits per heavy atom. The minimum Gasteiger partial charge on any atom is -0.489 e. The van der Waals surface area contributed by atoms with Crippen molar-refractivity contribution in [2.45, 2.75) is 6.61 Å². The maximum absolute atomic E-state index is 14.4. The number of anilines is 1. The summed E-state index contributed by atoms with van der Waals surface area (Å²) in [5.41, 5.74) is 3.72. The Morgan fingerprint density at radius 3 is 2.36 bits per heavy atom. The number of fused-ring (bicyclic) bond motifs is 3. The maximum Gasteiger partial charge on any atom is 0.263 e. The van der Waals surface area contributed by atoms with Gasteiger partial charge in [-0.1, -0.05) is 60.7 Å². The molecule has 3 aromatic heterocycles. The standard InChI is InChI=1S/C34H27BrN2O4S/c1-40-18-17-36(26-10-6-3-7-11-26)33(38)29-21-28(34(39)37-30(35)20-25-16-19-42-32(25)31(29)37)24-12-14-27(15-13-24)41-22-23-8-4-2-5-9-23/h2-16,19-21H,17-18,22H2,1H3. The number of carbonyl (C=O) groups is 1. The third kappa shape index (κ3) is 5.48. The van der Waals surface area contributed by atoms with Crippen molar-refractivity contribution in [2.75, 3.05) is 25.2 Å². The molecule has 1 amide bonds. The van der Waals surface area contributed by atoms with Gasteiger partial charge in [-0.15, -0.1) is 11.3 Å². The number of para-hydroxylation sites is 1. The Kier molecular flexibility index (Phi) is 8.19. The lowest BCUT2D eigenvalue weighted by atomic mass is 10.0. The molecule has 0 fully saturated rings. The van der Waals surface area contributed by atoms with Gasteiger partial charge in [0.1, 0.15) is 12.4 Å². The Labute approximate surface area is 255 Å². The normalized spacial score (nSPS) is 11.2. The van der Waals surface area contributed by atoms with Crippen LogP contribution in [0, 0.1) is 0 Å². The van der Waals surface area contributed by atoms with Gasteiger partial charge in [-0.25, -0.2) is 0 Å². The smallest absolute Gasteiger partial charge is 0.263 e. The number of carbonyl (C=O) groups excluding carboxylic acids is 1. The van der Waals surface area contributed by atoms with Crippen LogP contribution in [0.25, 0.3) is 26.7 Å². The van der Waals surface area contributed by atoms with E-state index in [0.717, 1.165) is 21.3 Å². The fourth-order valence-corrected chi connectivity index (χ4v) is 6.50. The molecule has 6 aromatic rings. The highest BCUT2D eigenvalue weighted by molar-refractivity contribution is 9.10. The minimum absolute atomic E-state index is 0.215. The highest BCUT2D eigenvalue weighted by Crippen LogP contribution is 2.34. The number of hydrogen-bond donors (Lipinski definition) is 0. The molecule has 0 N–H and O–H groups in total. The first kappa shape index (κ1) is 27.9. The lowest BCUT2D eigenvalue weighted by molar-refractivity contribution is 0.0977. The third-order valence-corrected chi connectivity index (χ3v) is 8.60. The summed E-state index contributed by atoms with van der Waals surface area (Å²) in [4.78, 5) is 30.2. The molecule has 0 atom stereocenters. The van der Waals surface area contributed by atoms with Gasteiger partial charge in [0.25, 0.3) is 11.5 Å². The Balaban J connectivity index is 1.48. The van der Waals surface area contributed by atoms with Gasteiger partial charge in [0.05, 0.1) is 27.0 Å². The van der Waals surface area contributed by atoms with Crippen LogP contribution in [0.5, 0.6) is 5.75 Å². The van der Waals surface area contributed by atoms with Crippen molar-refractivity contribution in [1.29, 1.82) is 0 Å². The van der Waals surface area contributed by atoms with Crippen LogP contribution in [0.1, 0.15) is 15.9 Å². The molecule has 6 rings (SSSR count). The lowest BCUT2D eigenvalue weighted by Crippen LogP contribution is -2.35. The minimum atomic E-state index is -0.218. The number of rotatable bonds is 9. The number of nitrogens with zero attached hydrogens (tertiary/aromatic N) is 2. The molecule has 0 aliphatic heterocycles. The number of pyridine rings is 2. The van der Waals surface area contributed by atoms with E-state index in [1.807, 2.05) is 102 Å². The van der Waals surface area contributed by atoms with Crippen molar-refractivity contribution in [3.8, 4) is 16.9 Å². The number of ether oxygens (including phenoxy) is 2. The van der Waals surface area contributed by atoms with Gasteiger partial charge in [0.2, 0.25) is 0 Å².